The van der Waals surface area contributed by atoms with Gasteiger partial charge in [-0.1, -0.05) is 0 Å². The van der Waals surface area contributed by atoms with E-state index >= 15 is 0 Å². The highest BCUT2D eigenvalue weighted by Crippen LogP contribution is 2.28. The molecule has 9 heteroatoms. The van der Waals surface area contributed by atoms with Crippen molar-refractivity contribution >= 4 is 37.5 Å². The van der Waals surface area contributed by atoms with Crippen LogP contribution in [0.3, 0.4) is 0 Å². The lowest BCUT2D eigenvalue weighted by Gasteiger charge is -2.02. The molecular weight excluding hydrogens is 290 g/mol. The van der Waals surface area contributed by atoms with Crippen molar-refractivity contribution in [2.45, 2.75) is 10.8 Å². The first-order valence-electron chi connectivity index (χ1n) is 5.24. The van der Waals surface area contributed by atoms with Gasteiger partial charge in [0.1, 0.15) is 5.75 Å². The van der Waals surface area contributed by atoms with Gasteiger partial charge in [-0.2, -0.15) is 0 Å². The zero-order chi connectivity index (χ0) is 14.0. The number of nitrogens with zero attached hydrogens (tertiary/aromatic N) is 1. The van der Waals surface area contributed by atoms with Gasteiger partial charge < -0.3 is 10.5 Å². The summed E-state index contributed by atoms with van der Waals surface area (Å²) in [4.78, 5) is 15.2. The normalized spacial score (nSPS) is 11.7. The Morgan fingerprint density at radius 2 is 2.16 bits per heavy atom. The number of hydrogen-bond donors (Lipinski definition) is 2. The molecule has 4 N–H and O–H groups in total. The summed E-state index contributed by atoms with van der Waals surface area (Å²) in [5.41, 5.74) is 5.71. The maximum absolute atomic E-state index is 11.3. The maximum atomic E-state index is 11.3. The topological polar surface area (TPSA) is 125 Å². The number of primary sulfonamides is 1. The SMILES string of the molecule is NCCC(=O)Oc1ccc2nc(S(N)(=O)=O)sc2c1. The van der Waals surface area contributed by atoms with Crippen LogP contribution < -0.4 is 15.6 Å². The van der Waals surface area contributed by atoms with Crippen molar-refractivity contribution in [1.29, 1.82) is 0 Å². The van der Waals surface area contributed by atoms with E-state index in [-0.39, 0.29) is 17.3 Å². The van der Waals surface area contributed by atoms with Gasteiger partial charge in [-0.3, -0.25) is 4.79 Å². The van der Waals surface area contributed by atoms with E-state index in [1.165, 1.54) is 12.1 Å². The molecule has 102 valence electrons. The van der Waals surface area contributed by atoms with Gasteiger partial charge in [-0.05, 0) is 12.1 Å². The molecule has 0 saturated carbocycles. The Kier molecular flexibility index (Phi) is 3.80. The Morgan fingerprint density at radius 1 is 1.42 bits per heavy atom. The summed E-state index contributed by atoms with van der Waals surface area (Å²) in [5.74, 6) is -0.131. The Labute approximate surface area is 113 Å². The smallest absolute Gasteiger partial charge is 0.312 e. The van der Waals surface area contributed by atoms with Gasteiger partial charge in [0.2, 0.25) is 4.34 Å². The lowest BCUT2D eigenvalue weighted by atomic mass is 10.3. The molecule has 2 aromatic rings. The second kappa shape index (κ2) is 5.21. The highest BCUT2D eigenvalue weighted by molar-refractivity contribution is 7.91. The monoisotopic (exact) mass is 301 g/mol. The van der Waals surface area contributed by atoms with Crippen molar-refractivity contribution in [2.75, 3.05) is 6.54 Å². The Bertz CT molecular complexity index is 723. The number of thiazole rings is 1. The third-order valence-electron chi connectivity index (χ3n) is 2.16. The van der Waals surface area contributed by atoms with Crippen molar-refractivity contribution in [3.05, 3.63) is 18.2 Å². The van der Waals surface area contributed by atoms with E-state index in [1.54, 1.807) is 6.07 Å². The number of aromatic nitrogens is 1. The van der Waals surface area contributed by atoms with Crippen LogP contribution in [0.1, 0.15) is 6.42 Å². The number of fused-ring (bicyclic) bond motifs is 1. The zero-order valence-electron chi connectivity index (χ0n) is 9.70. The summed E-state index contributed by atoms with van der Waals surface area (Å²) in [6, 6.07) is 4.63. The maximum Gasteiger partial charge on any atom is 0.312 e. The van der Waals surface area contributed by atoms with Gasteiger partial charge in [0.15, 0.2) is 0 Å². The van der Waals surface area contributed by atoms with Crippen LogP contribution in [0.2, 0.25) is 0 Å². The minimum atomic E-state index is -3.83. The predicted octanol–water partition coefficient (Wildman–Crippen LogP) is 0.198. The van der Waals surface area contributed by atoms with Crippen molar-refractivity contribution in [1.82, 2.24) is 4.98 Å². The number of benzene rings is 1. The van der Waals surface area contributed by atoms with E-state index in [9.17, 15) is 13.2 Å². The van der Waals surface area contributed by atoms with Crippen LogP contribution in [0.15, 0.2) is 22.5 Å². The molecule has 0 aliphatic rings. The predicted molar refractivity (Wildman–Crippen MR) is 70.3 cm³/mol. The molecule has 0 unspecified atom stereocenters. The van der Waals surface area contributed by atoms with Crippen LogP contribution in [0.25, 0.3) is 10.2 Å². The quantitative estimate of drug-likeness (QED) is 0.613. The van der Waals surface area contributed by atoms with Gasteiger partial charge in [-0.25, -0.2) is 18.5 Å². The fourth-order valence-corrected chi connectivity index (χ4v) is 3.05. The van der Waals surface area contributed by atoms with Crippen LogP contribution in [-0.2, 0) is 14.8 Å². The third kappa shape index (κ3) is 3.26. The second-order valence-corrected chi connectivity index (χ2v) is 6.43. The average Bonchev–Trinajstić information content (AvgIpc) is 2.71. The fraction of sp³-hybridized carbons (Fsp3) is 0.200. The molecule has 0 atom stereocenters. The molecule has 1 aromatic heterocycles. The van der Waals surface area contributed by atoms with Crippen molar-refractivity contribution in [3.63, 3.8) is 0 Å². The molecule has 0 saturated heterocycles. The molecule has 0 aliphatic heterocycles. The summed E-state index contributed by atoms with van der Waals surface area (Å²) >= 11 is 0.919. The van der Waals surface area contributed by atoms with E-state index in [0.717, 1.165) is 11.3 Å². The zero-order valence-corrected chi connectivity index (χ0v) is 11.3. The van der Waals surface area contributed by atoms with Gasteiger partial charge in [0, 0.05) is 12.6 Å². The highest BCUT2D eigenvalue weighted by Gasteiger charge is 2.15. The standard InChI is InChI=1S/C10H11N3O4S2/c11-4-3-9(14)17-6-1-2-7-8(5-6)18-10(13-7)19(12,15)16/h1-2,5H,3-4,11H2,(H2,12,15,16). The van der Waals surface area contributed by atoms with E-state index in [1.807, 2.05) is 0 Å². The molecule has 0 aliphatic carbocycles. The molecule has 0 spiro atoms. The third-order valence-corrected chi connectivity index (χ3v) is 4.50. The number of carbonyl (C=O) groups is 1. The summed E-state index contributed by atoms with van der Waals surface area (Å²) < 4.78 is 27.8. The molecule has 1 aromatic carbocycles. The largest absolute Gasteiger partial charge is 0.426 e. The molecule has 19 heavy (non-hydrogen) atoms. The molecular formula is C10H11N3O4S2. The number of esters is 1. The van der Waals surface area contributed by atoms with Crippen LogP contribution in [0, 0.1) is 0 Å². The van der Waals surface area contributed by atoms with Crippen LogP contribution >= 0.6 is 11.3 Å². The fourth-order valence-electron chi connectivity index (χ4n) is 1.37. The number of ether oxygens (including phenoxy) is 1. The lowest BCUT2D eigenvalue weighted by Crippen LogP contribution is -2.13. The molecule has 2 rings (SSSR count). The van der Waals surface area contributed by atoms with Crippen molar-refractivity contribution in [3.8, 4) is 5.75 Å². The van der Waals surface area contributed by atoms with Crippen molar-refractivity contribution < 1.29 is 17.9 Å². The number of carbonyl (C=O) groups excluding carboxylic acids is 1. The summed E-state index contributed by atoms with van der Waals surface area (Å²) in [7, 11) is -3.83. The first kappa shape index (κ1) is 13.9. The van der Waals surface area contributed by atoms with Gasteiger partial charge in [0.05, 0.1) is 16.6 Å². The number of sulfonamides is 1. The summed E-state index contributed by atoms with van der Waals surface area (Å²) in [5, 5.41) is 5.00. The van der Waals surface area contributed by atoms with E-state index < -0.39 is 16.0 Å². The molecule has 0 bridgehead atoms. The molecule has 1 heterocycles. The Hall–Kier alpha value is -1.55. The molecule has 0 amide bonds. The summed E-state index contributed by atoms with van der Waals surface area (Å²) in [6.07, 6.45) is 0.114. The van der Waals surface area contributed by atoms with E-state index in [4.69, 9.17) is 15.6 Å². The van der Waals surface area contributed by atoms with Crippen molar-refractivity contribution in [2.24, 2.45) is 10.9 Å². The van der Waals surface area contributed by atoms with Gasteiger partial charge >= 0.3 is 5.97 Å². The Balaban J connectivity index is 2.33. The lowest BCUT2D eigenvalue weighted by molar-refractivity contribution is -0.134. The average molecular weight is 301 g/mol. The van der Waals surface area contributed by atoms with Crippen LogP contribution in [-0.4, -0.2) is 25.9 Å². The first-order valence-corrected chi connectivity index (χ1v) is 7.60. The number of nitrogens with two attached hydrogens (primary N) is 2. The minimum absolute atomic E-state index is 0.114. The number of hydrogen-bond acceptors (Lipinski definition) is 7. The van der Waals surface area contributed by atoms with E-state index in [0.29, 0.717) is 16.0 Å². The second-order valence-electron chi connectivity index (χ2n) is 3.67. The first-order chi connectivity index (χ1) is 8.90. The minimum Gasteiger partial charge on any atom is -0.426 e. The molecule has 0 radical (unpaired) electrons. The highest BCUT2D eigenvalue weighted by atomic mass is 32.2. The van der Waals surface area contributed by atoms with Crippen LogP contribution in [0.4, 0.5) is 0 Å². The van der Waals surface area contributed by atoms with Gasteiger partial charge in [-0.15, -0.1) is 11.3 Å². The van der Waals surface area contributed by atoms with Gasteiger partial charge in [0.25, 0.3) is 10.0 Å². The number of rotatable bonds is 4. The molecule has 7 nitrogen and oxygen atoms in total. The van der Waals surface area contributed by atoms with Crippen LogP contribution in [0.5, 0.6) is 5.75 Å². The Morgan fingerprint density at radius 3 is 2.79 bits per heavy atom. The van der Waals surface area contributed by atoms with E-state index in [2.05, 4.69) is 4.98 Å². The summed E-state index contributed by atoms with van der Waals surface area (Å²) in [6.45, 7) is 0.206. The molecule has 0 fully saturated rings.